The fourth-order valence-electron chi connectivity index (χ4n) is 1.38. The molecule has 1 unspecified atom stereocenters. The van der Waals surface area contributed by atoms with Crippen LogP contribution < -0.4 is 11.1 Å². The van der Waals surface area contributed by atoms with Crippen molar-refractivity contribution in [3.8, 4) is 0 Å². The second kappa shape index (κ2) is 6.71. The Balaban J connectivity index is 2.75. The first-order chi connectivity index (χ1) is 8.06. The van der Waals surface area contributed by atoms with Gasteiger partial charge in [0.15, 0.2) is 0 Å². The minimum atomic E-state index is -0.165. The molecule has 0 aliphatic rings. The molecule has 0 saturated carbocycles. The second-order valence-electron chi connectivity index (χ2n) is 3.64. The van der Waals surface area contributed by atoms with E-state index < -0.39 is 0 Å². The van der Waals surface area contributed by atoms with E-state index in [-0.39, 0.29) is 22.9 Å². The molecule has 4 nitrogen and oxygen atoms in total. The average Bonchev–Trinajstić information content (AvgIpc) is 2.27. The molecule has 1 heterocycles. The maximum Gasteiger partial charge on any atom is 0.251 e. The van der Waals surface area contributed by atoms with Gasteiger partial charge in [-0.05, 0) is 24.8 Å². The lowest BCUT2D eigenvalue weighted by Crippen LogP contribution is -2.36. The van der Waals surface area contributed by atoms with Crippen molar-refractivity contribution >= 4 is 35.1 Å². The van der Waals surface area contributed by atoms with Crippen LogP contribution in [0.4, 0.5) is 5.82 Å². The fraction of sp³-hybridized carbons (Fsp3) is 0.455. The number of carbonyl (C=O) groups excluding carboxylic acids is 1. The lowest BCUT2D eigenvalue weighted by molar-refractivity contribution is 0.0940. The number of halogens is 1. The van der Waals surface area contributed by atoms with E-state index in [0.717, 1.165) is 12.2 Å². The Hall–Kier alpha value is -0.940. The highest BCUT2D eigenvalue weighted by atomic mass is 35.5. The molecule has 94 valence electrons. The molecular weight excluding hydrogens is 258 g/mol. The number of hydrogen-bond donors (Lipinski definition) is 2. The maximum absolute atomic E-state index is 11.9. The van der Waals surface area contributed by atoms with Crippen molar-refractivity contribution in [1.29, 1.82) is 0 Å². The van der Waals surface area contributed by atoms with Crippen LogP contribution in [0.25, 0.3) is 0 Å². The number of nitrogens with one attached hydrogen (secondary N) is 1. The minimum Gasteiger partial charge on any atom is -0.384 e. The third kappa shape index (κ3) is 4.44. The number of nitrogens with zero attached hydrogens (tertiary/aromatic N) is 1. The zero-order valence-electron chi connectivity index (χ0n) is 9.87. The zero-order chi connectivity index (χ0) is 12.8. The van der Waals surface area contributed by atoms with Crippen molar-refractivity contribution in [3.63, 3.8) is 0 Å². The zero-order valence-corrected chi connectivity index (χ0v) is 11.4. The van der Waals surface area contributed by atoms with Crippen molar-refractivity contribution < 1.29 is 4.79 Å². The van der Waals surface area contributed by atoms with E-state index >= 15 is 0 Å². The van der Waals surface area contributed by atoms with Crippen molar-refractivity contribution in [1.82, 2.24) is 10.3 Å². The molecule has 1 rings (SSSR count). The molecular formula is C11H16ClN3OS. The van der Waals surface area contributed by atoms with E-state index in [9.17, 15) is 4.79 Å². The molecule has 0 fully saturated rings. The number of rotatable bonds is 5. The molecule has 1 aromatic rings. The van der Waals surface area contributed by atoms with E-state index in [2.05, 4.69) is 10.3 Å². The third-order valence-corrected chi connectivity index (χ3v) is 3.20. The summed E-state index contributed by atoms with van der Waals surface area (Å²) in [4.78, 5) is 15.7. The van der Waals surface area contributed by atoms with E-state index in [4.69, 9.17) is 17.3 Å². The van der Waals surface area contributed by atoms with Crippen molar-refractivity contribution in [2.45, 2.75) is 19.4 Å². The Morgan fingerprint density at radius 1 is 1.65 bits per heavy atom. The summed E-state index contributed by atoms with van der Waals surface area (Å²) >= 11 is 7.45. The normalized spacial score (nSPS) is 12.2. The second-order valence-corrected chi connectivity index (χ2v) is 4.94. The number of amides is 1. The van der Waals surface area contributed by atoms with E-state index in [1.54, 1.807) is 11.8 Å². The number of aromatic nitrogens is 1. The maximum atomic E-state index is 11.9. The van der Waals surface area contributed by atoms with Gasteiger partial charge >= 0.3 is 0 Å². The highest BCUT2D eigenvalue weighted by Crippen LogP contribution is 2.12. The Morgan fingerprint density at radius 3 is 2.88 bits per heavy atom. The molecule has 0 aliphatic heterocycles. The molecule has 0 spiro atoms. The Morgan fingerprint density at radius 2 is 2.35 bits per heavy atom. The largest absolute Gasteiger partial charge is 0.384 e. The van der Waals surface area contributed by atoms with Gasteiger partial charge in [-0.2, -0.15) is 11.8 Å². The summed E-state index contributed by atoms with van der Waals surface area (Å²) in [6, 6.07) is 3.19. The van der Waals surface area contributed by atoms with Crippen LogP contribution in [0.2, 0.25) is 5.15 Å². The first-order valence-electron chi connectivity index (χ1n) is 5.29. The SMILES string of the molecule is CCC(CSC)NC(=O)c1cc(N)nc(Cl)c1. The molecule has 6 heteroatoms. The van der Waals surface area contributed by atoms with Gasteiger partial charge in [0.25, 0.3) is 5.91 Å². The summed E-state index contributed by atoms with van der Waals surface area (Å²) in [7, 11) is 0. The van der Waals surface area contributed by atoms with Gasteiger partial charge in [0.05, 0.1) is 0 Å². The first-order valence-corrected chi connectivity index (χ1v) is 7.06. The molecule has 0 aromatic carbocycles. The summed E-state index contributed by atoms with van der Waals surface area (Å²) in [6.07, 6.45) is 2.90. The Labute approximate surface area is 110 Å². The van der Waals surface area contributed by atoms with Crippen LogP contribution >= 0.6 is 23.4 Å². The van der Waals surface area contributed by atoms with Gasteiger partial charge in [0, 0.05) is 17.4 Å². The number of nitrogen functional groups attached to an aromatic ring is 1. The van der Waals surface area contributed by atoms with Crippen LogP contribution in [0.5, 0.6) is 0 Å². The van der Waals surface area contributed by atoms with Gasteiger partial charge < -0.3 is 11.1 Å². The Kier molecular flexibility index (Phi) is 5.58. The quantitative estimate of drug-likeness (QED) is 0.807. The fourth-order valence-corrected chi connectivity index (χ4v) is 2.32. The smallest absolute Gasteiger partial charge is 0.251 e. The molecule has 0 aliphatic carbocycles. The average molecular weight is 274 g/mol. The molecule has 1 aromatic heterocycles. The van der Waals surface area contributed by atoms with Crippen LogP contribution in [0, 0.1) is 0 Å². The van der Waals surface area contributed by atoms with Crippen molar-refractivity contribution in [2.75, 3.05) is 17.7 Å². The first kappa shape index (κ1) is 14.1. The molecule has 17 heavy (non-hydrogen) atoms. The topological polar surface area (TPSA) is 68.0 Å². The van der Waals surface area contributed by atoms with Crippen LogP contribution in [0.3, 0.4) is 0 Å². The Bertz CT molecular complexity index is 380. The van der Waals surface area contributed by atoms with Crippen LogP contribution in [0.15, 0.2) is 12.1 Å². The standard InChI is InChI=1S/C11H16ClN3OS/c1-3-8(6-17-2)14-11(16)7-4-9(12)15-10(13)5-7/h4-5,8H,3,6H2,1-2H3,(H2,13,15)(H,14,16). The van der Waals surface area contributed by atoms with Gasteiger partial charge in [-0.15, -0.1) is 0 Å². The van der Waals surface area contributed by atoms with Crippen molar-refractivity contribution in [3.05, 3.63) is 22.8 Å². The number of hydrogen-bond acceptors (Lipinski definition) is 4. The van der Waals surface area contributed by atoms with Gasteiger partial charge in [-0.1, -0.05) is 18.5 Å². The molecule has 1 amide bonds. The summed E-state index contributed by atoms with van der Waals surface area (Å²) < 4.78 is 0. The van der Waals surface area contributed by atoms with Gasteiger partial charge in [0.1, 0.15) is 11.0 Å². The minimum absolute atomic E-state index is 0.158. The van der Waals surface area contributed by atoms with E-state index in [1.807, 2.05) is 13.2 Å². The summed E-state index contributed by atoms with van der Waals surface area (Å²) in [5, 5.41) is 3.17. The molecule has 1 atom stereocenters. The monoisotopic (exact) mass is 273 g/mol. The van der Waals surface area contributed by atoms with Crippen LogP contribution in [0.1, 0.15) is 23.7 Å². The highest BCUT2D eigenvalue weighted by Gasteiger charge is 2.13. The van der Waals surface area contributed by atoms with Crippen molar-refractivity contribution in [2.24, 2.45) is 0 Å². The highest BCUT2D eigenvalue weighted by molar-refractivity contribution is 7.98. The molecule has 0 bridgehead atoms. The number of nitrogens with two attached hydrogens (primary N) is 1. The lowest BCUT2D eigenvalue weighted by Gasteiger charge is -2.15. The van der Waals surface area contributed by atoms with E-state index in [1.165, 1.54) is 12.1 Å². The molecule has 0 radical (unpaired) electrons. The van der Waals surface area contributed by atoms with Crippen LogP contribution in [-0.4, -0.2) is 28.9 Å². The number of carbonyl (C=O) groups is 1. The third-order valence-electron chi connectivity index (χ3n) is 2.27. The van der Waals surface area contributed by atoms with Crippen LogP contribution in [-0.2, 0) is 0 Å². The molecule has 0 saturated heterocycles. The van der Waals surface area contributed by atoms with Gasteiger partial charge in [-0.3, -0.25) is 4.79 Å². The van der Waals surface area contributed by atoms with Gasteiger partial charge in [0.2, 0.25) is 0 Å². The summed E-state index contributed by atoms with van der Waals surface area (Å²) in [5.41, 5.74) is 5.99. The van der Waals surface area contributed by atoms with E-state index in [0.29, 0.717) is 5.56 Å². The summed E-state index contributed by atoms with van der Waals surface area (Å²) in [5.74, 6) is 0.971. The number of anilines is 1. The lowest BCUT2D eigenvalue weighted by atomic mass is 10.2. The predicted molar refractivity (Wildman–Crippen MR) is 73.6 cm³/mol. The number of pyridine rings is 1. The summed E-state index contributed by atoms with van der Waals surface area (Å²) in [6.45, 7) is 2.04. The van der Waals surface area contributed by atoms with Gasteiger partial charge in [-0.25, -0.2) is 4.98 Å². The number of thioether (sulfide) groups is 1. The predicted octanol–water partition coefficient (Wildman–Crippen LogP) is 2.19. The molecule has 3 N–H and O–H groups in total.